The van der Waals surface area contributed by atoms with Crippen LogP contribution < -0.4 is 10.6 Å². The summed E-state index contributed by atoms with van der Waals surface area (Å²) in [6.45, 7) is 4.20. The van der Waals surface area contributed by atoms with Gasteiger partial charge in [0.1, 0.15) is 0 Å². The average molecular weight is 568 g/mol. The van der Waals surface area contributed by atoms with Gasteiger partial charge >= 0.3 is 11.9 Å². The first-order valence-corrected chi connectivity index (χ1v) is 12.0. The van der Waals surface area contributed by atoms with Crippen molar-refractivity contribution in [1.82, 2.24) is 0 Å². The second kappa shape index (κ2) is 16.7. The zero-order chi connectivity index (χ0) is 27.3. The summed E-state index contributed by atoms with van der Waals surface area (Å²) in [6.07, 6.45) is 14.2. The second-order valence-electron chi connectivity index (χ2n) is 7.85. The van der Waals surface area contributed by atoms with Gasteiger partial charge in [-0.2, -0.15) is 0 Å². The van der Waals surface area contributed by atoms with Gasteiger partial charge < -0.3 is 20.1 Å². The van der Waals surface area contributed by atoms with E-state index in [2.05, 4.69) is 10.6 Å². The number of amides is 2. The van der Waals surface area contributed by atoms with Crippen LogP contribution in [0.2, 0.25) is 0 Å². The number of carbonyl (C=O) groups excluding carboxylic acids is 4. The molecule has 202 valence electrons. The van der Waals surface area contributed by atoms with E-state index in [9.17, 15) is 19.2 Å². The Hall–Kier alpha value is -3.16. The van der Waals surface area contributed by atoms with Gasteiger partial charge in [0.2, 0.25) is 11.8 Å². The first-order chi connectivity index (χ1) is 18.4. The van der Waals surface area contributed by atoms with Crippen LogP contribution >= 0.6 is 0 Å². The molecule has 0 aromatic heterocycles. The molecule has 2 amide bonds. The van der Waals surface area contributed by atoms with Gasteiger partial charge in [0.05, 0.1) is 36.2 Å². The largest absolute Gasteiger partial charge is 0.462 e. The minimum Gasteiger partial charge on any atom is -0.462 e. The molecule has 0 atom stereocenters. The third-order valence-electron chi connectivity index (χ3n) is 5.16. The van der Waals surface area contributed by atoms with E-state index < -0.39 is 0 Å². The Morgan fingerprint density at radius 2 is 0.872 bits per heavy atom. The van der Waals surface area contributed by atoms with Gasteiger partial charge in [0.25, 0.3) is 0 Å². The molecule has 0 aliphatic heterocycles. The van der Waals surface area contributed by atoms with Gasteiger partial charge in [-0.05, 0) is 114 Å². The monoisotopic (exact) mass is 568 g/mol. The van der Waals surface area contributed by atoms with Crippen molar-refractivity contribution < 1.29 is 45.7 Å². The maximum absolute atomic E-state index is 11.8. The molecule has 10 radical (unpaired) electrons. The van der Waals surface area contributed by atoms with E-state index >= 15 is 0 Å². The van der Waals surface area contributed by atoms with Gasteiger partial charge in [-0.25, -0.2) is 9.59 Å². The van der Waals surface area contributed by atoms with Gasteiger partial charge in [-0.3, -0.25) is 9.59 Å². The van der Waals surface area contributed by atoms with E-state index in [1.807, 2.05) is 0 Å². The molecule has 2 fully saturated rings. The maximum Gasteiger partial charge on any atom is 0.338 e. The molecular weight excluding hydrogens is 540 g/mol. The summed E-state index contributed by atoms with van der Waals surface area (Å²) in [5, 5.41) is 5.50. The Balaban J connectivity index is 0.000000267. The van der Waals surface area contributed by atoms with E-state index in [0.29, 0.717) is 47.6 Å². The van der Waals surface area contributed by atoms with Gasteiger partial charge in [0, 0.05) is 28.4 Å². The Kier molecular flexibility index (Phi) is 13.7. The molecule has 2 aromatic carbocycles. The van der Waals surface area contributed by atoms with Crippen LogP contribution in [0.4, 0.5) is 11.4 Å². The van der Waals surface area contributed by atoms with Crippen molar-refractivity contribution in [2.75, 3.05) is 23.8 Å². The maximum atomic E-state index is 11.8. The SMILES string of the molecule is CCOC(=O)c1ccc(NC(=O)[C]2[CH][CH][CH][CH]2)cc1.CCOC(=O)c1ccc(NC(=O)[C]2[CH][CH][CH][CH]2)cc1.[Fe]. The molecule has 0 unspecified atom stereocenters. The van der Waals surface area contributed by atoms with Crippen LogP contribution in [0.1, 0.15) is 34.6 Å². The van der Waals surface area contributed by atoms with Crippen LogP contribution in [0.25, 0.3) is 0 Å². The molecule has 0 saturated heterocycles. The molecule has 2 saturated carbocycles. The Bertz CT molecular complexity index is 988. The molecular formula is C30H28FeN2O6. The molecule has 39 heavy (non-hydrogen) atoms. The van der Waals surface area contributed by atoms with Crippen molar-refractivity contribution >= 4 is 35.1 Å². The molecule has 2 aromatic rings. The smallest absolute Gasteiger partial charge is 0.338 e. The molecule has 2 aliphatic carbocycles. The Morgan fingerprint density at radius 1 is 0.564 bits per heavy atom. The second-order valence-corrected chi connectivity index (χ2v) is 7.85. The number of anilines is 2. The molecule has 4 rings (SSSR count). The summed E-state index contributed by atoms with van der Waals surface area (Å²) in [6, 6.07) is 13.2. The van der Waals surface area contributed by atoms with Crippen molar-refractivity contribution in [2.24, 2.45) is 0 Å². The van der Waals surface area contributed by atoms with Crippen molar-refractivity contribution in [2.45, 2.75) is 13.8 Å². The Morgan fingerprint density at radius 3 is 1.15 bits per heavy atom. The number of ether oxygens (including phenoxy) is 2. The van der Waals surface area contributed by atoms with Gasteiger partial charge in [-0.15, -0.1) is 0 Å². The van der Waals surface area contributed by atoms with E-state index in [0.717, 1.165) is 0 Å². The van der Waals surface area contributed by atoms with Crippen LogP contribution in [-0.2, 0) is 36.1 Å². The topological polar surface area (TPSA) is 111 Å². The number of hydrogen-bond donors (Lipinski definition) is 2. The zero-order valence-corrected chi connectivity index (χ0v) is 22.6. The van der Waals surface area contributed by atoms with Crippen molar-refractivity contribution in [3.05, 3.63) is 123 Å². The fourth-order valence-corrected chi connectivity index (χ4v) is 3.27. The van der Waals surface area contributed by atoms with Crippen molar-refractivity contribution in [1.29, 1.82) is 0 Å². The predicted molar refractivity (Wildman–Crippen MR) is 143 cm³/mol. The van der Waals surface area contributed by atoms with Gasteiger partial charge in [0.15, 0.2) is 0 Å². The molecule has 2 aliphatic rings. The predicted octanol–water partition coefficient (Wildman–Crippen LogP) is 4.41. The zero-order valence-electron chi connectivity index (χ0n) is 21.5. The number of rotatable bonds is 8. The summed E-state index contributed by atoms with van der Waals surface area (Å²) in [5.74, 6) is 0.138. The molecule has 2 N–H and O–H groups in total. The van der Waals surface area contributed by atoms with Crippen LogP contribution in [0.5, 0.6) is 0 Å². The molecule has 9 heteroatoms. The van der Waals surface area contributed by atoms with E-state index in [4.69, 9.17) is 9.47 Å². The van der Waals surface area contributed by atoms with E-state index in [1.165, 1.54) is 0 Å². The van der Waals surface area contributed by atoms with E-state index in [-0.39, 0.29) is 40.8 Å². The number of esters is 2. The minimum atomic E-state index is -0.364. The average Bonchev–Trinajstić information content (AvgIpc) is 3.65. The number of benzene rings is 2. The third-order valence-corrected chi connectivity index (χ3v) is 5.16. The number of carbonyl (C=O) groups is 4. The Labute approximate surface area is 241 Å². The summed E-state index contributed by atoms with van der Waals surface area (Å²) < 4.78 is 9.76. The normalized spacial score (nSPS) is 14.8. The quantitative estimate of drug-likeness (QED) is 0.361. The first kappa shape index (κ1) is 32.1. The molecule has 0 heterocycles. The van der Waals surface area contributed by atoms with Crippen LogP contribution in [-0.4, -0.2) is 37.0 Å². The van der Waals surface area contributed by atoms with Crippen molar-refractivity contribution in [3.63, 3.8) is 0 Å². The summed E-state index contributed by atoms with van der Waals surface area (Å²) in [5.41, 5.74) is 2.21. The molecule has 0 bridgehead atoms. The van der Waals surface area contributed by atoms with Crippen LogP contribution in [0.15, 0.2) is 48.5 Å². The first-order valence-electron chi connectivity index (χ1n) is 12.0. The van der Waals surface area contributed by atoms with Gasteiger partial charge in [-0.1, -0.05) is 0 Å². The number of nitrogens with one attached hydrogen (secondary N) is 2. The third kappa shape index (κ3) is 10.2. The molecule has 0 spiro atoms. The fraction of sp³-hybridized carbons (Fsp3) is 0.133. The summed E-state index contributed by atoms with van der Waals surface area (Å²) >= 11 is 0. The minimum absolute atomic E-state index is 0. The fourth-order valence-electron chi connectivity index (χ4n) is 3.27. The van der Waals surface area contributed by atoms with Crippen LogP contribution in [0, 0.1) is 63.2 Å². The number of hydrogen-bond acceptors (Lipinski definition) is 6. The van der Waals surface area contributed by atoms with Crippen molar-refractivity contribution in [3.8, 4) is 0 Å². The van der Waals surface area contributed by atoms with Crippen LogP contribution in [0.3, 0.4) is 0 Å². The van der Waals surface area contributed by atoms with E-state index in [1.54, 1.807) is 114 Å². The summed E-state index contributed by atoms with van der Waals surface area (Å²) in [7, 11) is 0. The molecule has 8 nitrogen and oxygen atoms in total. The standard InChI is InChI=1S/2C15H14NO3.Fe/c2*1-2-19-15(18)12-7-9-13(10-8-12)16-14(17)11-5-3-4-6-11;/h2*3-10H,2H2,1H3,(H,16,17);. The summed E-state index contributed by atoms with van der Waals surface area (Å²) in [4.78, 5) is 46.5.